The standard InChI is InChI=1S/C50H57N7O4Si/c1-35-23-24-39-42(31-35)57(34-43(58)55-27-29-61-30-28-55)54-44(39)41-32-51-46-45(52-41)40(47(59)53-48(2,3)25-26-49(4,5)62(6,7)60)33-56(46)50(36-17-11-8-12-18-36,37-19-13-9-14-20-37)38-21-15-10-16-22-38/h8-24,31-33,60H,25-30,34H2,1-7H3,(H,53,59). The lowest BCUT2D eigenvalue weighted by Gasteiger charge is -2.38. The Morgan fingerprint density at radius 2 is 1.40 bits per heavy atom. The Labute approximate surface area is 364 Å². The van der Waals surface area contributed by atoms with Crippen LogP contribution < -0.4 is 5.32 Å². The molecule has 0 spiro atoms. The minimum atomic E-state index is -2.49. The van der Waals surface area contributed by atoms with Gasteiger partial charge in [0, 0.05) is 30.2 Å². The van der Waals surface area contributed by atoms with Crippen molar-refractivity contribution in [1.82, 2.24) is 34.5 Å². The third kappa shape index (κ3) is 8.10. The van der Waals surface area contributed by atoms with Gasteiger partial charge in [0.25, 0.3) is 5.91 Å². The maximum atomic E-state index is 15.0. The van der Waals surface area contributed by atoms with Gasteiger partial charge in [0.05, 0.1) is 30.5 Å². The van der Waals surface area contributed by atoms with Crippen molar-refractivity contribution in [2.75, 3.05) is 26.3 Å². The highest BCUT2D eigenvalue weighted by Gasteiger charge is 2.42. The molecule has 2 N–H and O–H groups in total. The first-order valence-corrected chi connectivity index (χ1v) is 24.5. The zero-order chi connectivity index (χ0) is 43.9. The van der Waals surface area contributed by atoms with Gasteiger partial charge >= 0.3 is 0 Å². The maximum Gasteiger partial charge on any atom is 0.255 e. The summed E-state index contributed by atoms with van der Waals surface area (Å²) in [6.07, 6.45) is 5.03. The number of fused-ring (bicyclic) bond motifs is 2. The molecule has 8 rings (SSSR count). The average molecular weight is 848 g/mol. The quantitative estimate of drug-likeness (QED) is 0.0878. The number of ether oxygens (including phenoxy) is 1. The summed E-state index contributed by atoms with van der Waals surface area (Å²) in [5, 5.41) is 8.99. The van der Waals surface area contributed by atoms with Crippen molar-refractivity contribution < 1.29 is 19.1 Å². The summed E-state index contributed by atoms with van der Waals surface area (Å²) in [4.78, 5) is 52.0. The molecule has 1 aliphatic rings. The SMILES string of the molecule is Cc1ccc2c(-c3cnc4c(n3)c(C(=O)NC(C)(C)CCC(C)(C)[Si](C)(C)O)cn4C(c3ccccc3)(c3ccccc3)c3ccccc3)nn(CC(=O)N3CCOCC3)c2c1. The number of carbonyl (C=O) groups is 2. The fourth-order valence-corrected chi connectivity index (χ4v) is 9.22. The molecule has 11 nitrogen and oxygen atoms in total. The van der Waals surface area contributed by atoms with Gasteiger partial charge in [-0.2, -0.15) is 5.10 Å². The Morgan fingerprint density at radius 1 is 0.823 bits per heavy atom. The second kappa shape index (κ2) is 16.7. The van der Waals surface area contributed by atoms with Gasteiger partial charge in [-0.25, -0.2) is 9.97 Å². The molecule has 1 fully saturated rings. The van der Waals surface area contributed by atoms with Crippen LogP contribution in [0.2, 0.25) is 18.1 Å². The lowest BCUT2D eigenvalue weighted by Crippen LogP contribution is -2.46. The third-order valence-electron chi connectivity index (χ3n) is 13.0. The molecular weight excluding hydrogens is 791 g/mol. The van der Waals surface area contributed by atoms with Gasteiger partial charge in [-0.15, -0.1) is 0 Å². The lowest BCUT2D eigenvalue weighted by molar-refractivity contribution is -0.136. The number of carbonyl (C=O) groups excluding carboxylic acids is 2. The van der Waals surface area contributed by atoms with Crippen molar-refractivity contribution in [2.24, 2.45) is 0 Å². The van der Waals surface area contributed by atoms with Gasteiger partial charge in [-0.05, 0) is 80.1 Å². The van der Waals surface area contributed by atoms with E-state index >= 15 is 4.79 Å². The summed E-state index contributed by atoms with van der Waals surface area (Å²) in [5.41, 5.74) is 5.57. The lowest BCUT2D eigenvalue weighted by atomic mass is 9.76. The van der Waals surface area contributed by atoms with Crippen LogP contribution in [0, 0.1) is 6.92 Å². The van der Waals surface area contributed by atoms with Crippen LogP contribution in [0.4, 0.5) is 0 Å². The highest BCUT2D eigenvalue weighted by molar-refractivity contribution is 6.72. The second-order valence-corrected chi connectivity index (χ2v) is 22.9. The second-order valence-electron chi connectivity index (χ2n) is 18.4. The van der Waals surface area contributed by atoms with Crippen LogP contribution in [0.5, 0.6) is 0 Å². The van der Waals surface area contributed by atoms with E-state index in [-0.39, 0.29) is 23.4 Å². The molecule has 4 aromatic carbocycles. The topological polar surface area (TPSA) is 127 Å². The Kier molecular flexibility index (Phi) is 11.5. The van der Waals surface area contributed by atoms with Crippen molar-refractivity contribution in [3.63, 3.8) is 0 Å². The Hall–Kier alpha value is -5.95. The van der Waals surface area contributed by atoms with Crippen molar-refractivity contribution in [1.29, 1.82) is 0 Å². The first-order valence-electron chi connectivity index (χ1n) is 21.5. The van der Waals surface area contributed by atoms with E-state index in [1.165, 1.54) is 0 Å². The molecule has 0 radical (unpaired) electrons. The van der Waals surface area contributed by atoms with E-state index in [1.54, 1.807) is 10.9 Å². The number of morpholine rings is 1. The van der Waals surface area contributed by atoms with Crippen LogP contribution in [0.15, 0.2) is 122 Å². The van der Waals surface area contributed by atoms with Gasteiger partial charge in [0.2, 0.25) is 5.91 Å². The number of benzene rings is 4. The smallest absolute Gasteiger partial charge is 0.255 e. The van der Waals surface area contributed by atoms with Crippen LogP contribution in [-0.2, 0) is 21.6 Å². The van der Waals surface area contributed by atoms with E-state index in [0.29, 0.717) is 60.8 Å². The molecule has 0 aliphatic carbocycles. The van der Waals surface area contributed by atoms with Crippen molar-refractivity contribution in [3.05, 3.63) is 149 Å². The fourth-order valence-electron chi connectivity index (χ4n) is 8.48. The zero-order valence-electron chi connectivity index (χ0n) is 36.9. The van der Waals surface area contributed by atoms with Crippen LogP contribution in [0.25, 0.3) is 33.5 Å². The molecular formula is C50H57N7O4Si. The summed E-state index contributed by atoms with van der Waals surface area (Å²) >= 11 is 0. The van der Waals surface area contributed by atoms with Gasteiger partial charge in [0.15, 0.2) is 14.0 Å². The molecule has 1 aliphatic heterocycles. The monoisotopic (exact) mass is 847 g/mol. The molecule has 0 saturated carbocycles. The van der Waals surface area contributed by atoms with Crippen molar-refractivity contribution >= 4 is 42.2 Å². The molecule has 320 valence electrons. The predicted molar refractivity (Wildman–Crippen MR) is 248 cm³/mol. The number of aryl methyl sites for hydroxylation is 1. The van der Waals surface area contributed by atoms with Crippen LogP contribution in [0.3, 0.4) is 0 Å². The van der Waals surface area contributed by atoms with E-state index in [2.05, 4.69) is 60.1 Å². The number of rotatable bonds is 13. The number of hydrogen-bond donors (Lipinski definition) is 2. The van der Waals surface area contributed by atoms with Crippen LogP contribution in [-0.4, -0.2) is 86.0 Å². The minimum absolute atomic E-state index is 0.0294. The number of hydrogen-bond acceptors (Lipinski definition) is 7. The van der Waals surface area contributed by atoms with Gasteiger partial charge in [-0.3, -0.25) is 14.3 Å². The van der Waals surface area contributed by atoms with Crippen LogP contribution in [0.1, 0.15) is 73.1 Å². The molecule has 2 amide bonds. The predicted octanol–water partition coefficient (Wildman–Crippen LogP) is 8.72. The summed E-state index contributed by atoms with van der Waals surface area (Å²) in [5.74, 6) is -0.313. The molecule has 4 heterocycles. The summed E-state index contributed by atoms with van der Waals surface area (Å²) < 4.78 is 9.36. The number of aromatic nitrogens is 5. The van der Waals surface area contributed by atoms with Gasteiger partial charge in [-0.1, -0.05) is 117 Å². The highest BCUT2D eigenvalue weighted by atomic mass is 28.4. The van der Waals surface area contributed by atoms with E-state index in [4.69, 9.17) is 19.8 Å². The van der Waals surface area contributed by atoms with E-state index in [0.717, 1.165) is 39.6 Å². The maximum absolute atomic E-state index is 15.0. The molecule has 12 heteroatoms. The molecule has 0 bridgehead atoms. The van der Waals surface area contributed by atoms with E-state index in [1.807, 2.05) is 118 Å². The summed E-state index contributed by atoms with van der Waals surface area (Å²) in [7, 11) is -2.49. The first kappa shape index (κ1) is 42.7. The molecule has 3 aromatic heterocycles. The van der Waals surface area contributed by atoms with Gasteiger partial charge in [0.1, 0.15) is 29.0 Å². The number of nitrogens with zero attached hydrogens (tertiary/aromatic N) is 6. The molecule has 1 saturated heterocycles. The van der Waals surface area contributed by atoms with E-state index in [9.17, 15) is 9.59 Å². The molecule has 7 aromatic rings. The zero-order valence-corrected chi connectivity index (χ0v) is 37.9. The Morgan fingerprint density at radius 3 is 1.97 bits per heavy atom. The van der Waals surface area contributed by atoms with Crippen molar-refractivity contribution in [2.45, 2.75) is 83.2 Å². The Balaban J connectivity index is 1.33. The third-order valence-corrected chi connectivity index (χ3v) is 16.5. The number of nitrogens with one attached hydrogen (secondary N) is 1. The molecule has 0 atom stereocenters. The molecule has 62 heavy (non-hydrogen) atoms. The first-order chi connectivity index (χ1) is 29.6. The molecule has 0 unspecified atom stereocenters. The Bertz CT molecular complexity index is 2620. The van der Waals surface area contributed by atoms with Crippen molar-refractivity contribution in [3.8, 4) is 11.4 Å². The van der Waals surface area contributed by atoms with E-state index < -0.39 is 19.4 Å². The number of amides is 2. The summed E-state index contributed by atoms with van der Waals surface area (Å²) in [6, 6.07) is 37.0. The highest BCUT2D eigenvalue weighted by Crippen LogP contribution is 2.44. The fraction of sp³-hybridized carbons (Fsp3) is 0.340. The van der Waals surface area contributed by atoms with Crippen LogP contribution >= 0.6 is 0 Å². The largest absolute Gasteiger partial charge is 0.432 e. The normalized spacial score (nSPS) is 14.1. The van der Waals surface area contributed by atoms with Gasteiger partial charge < -0.3 is 24.3 Å². The average Bonchev–Trinajstić information content (AvgIpc) is 3.82. The summed E-state index contributed by atoms with van der Waals surface area (Å²) in [6.45, 7) is 16.4. The minimum Gasteiger partial charge on any atom is -0.432 e.